The number of anilines is 1. The topological polar surface area (TPSA) is 80.9 Å². The van der Waals surface area contributed by atoms with Crippen LogP contribution in [0, 0.1) is 6.92 Å². The van der Waals surface area contributed by atoms with Crippen molar-refractivity contribution in [3.63, 3.8) is 0 Å². The highest BCUT2D eigenvalue weighted by Crippen LogP contribution is 2.33. The number of methoxy groups -OCH3 is 3. The van der Waals surface area contributed by atoms with Crippen LogP contribution in [0.1, 0.15) is 23.6 Å². The third-order valence-electron chi connectivity index (χ3n) is 4.65. The van der Waals surface area contributed by atoms with Gasteiger partial charge in [-0.15, -0.1) is 0 Å². The Kier molecular flexibility index (Phi) is 5.83. The van der Waals surface area contributed by atoms with Gasteiger partial charge >= 0.3 is 0 Å². The average molecular weight is 371 g/mol. The van der Waals surface area contributed by atoms with E-state index in [-0.39, 0.29) is 18.0 Å². The number of aryl methyl sites for hydroxylation is 1. The molecule has 2 aromatic rings. The molecule has 1 aliphatic heterocycles. The second kappa shape index (κ2) is 8.28. The normalized spacial score (nSPS) is 18.8. The number of rotatable bonds is 6. The van der Waals surface area contributed by atoms with Gasteiger partial charge < -0.3 is 19.5 Å². The maximum atomic E-state index is 12.7. The fraction of sp³-hybridized carbons (Fsp3) is 0.350. The summed E-state index contributed by atoms with van der Waals surface area (Å²) < 4.78 is 16.0. The molecule has 0 bridgehead atoms. The van der Waals surface area contributed by atoms with Gasteiger partial charge in [-0.2, -0.15) is 0 Å². The Hall–Kier alpha value is -2.77. The summed E-state index contributed by atoms with van der Waals surface area (Å²) in [7, 11) is 4.82. The van der Waals surface area contributed by atoms with Crippen LogP contribution in [0.4, 0.5) is 5.69 Å². The summed E-state index contributed by atoms with van der Waals surface area (Å²) in [4.78, 5) is 12.7. The van der Waals surface area contributed by atoms with E-state index in [1.807, 2.05) is 43.3 Å². The van der Waals surface area contributed by atoms with Gasteiger partial charge in [0.1, 0.15) is 23.3 Å². The van der Waals surface area contributed by atoms with Gasteiger partial charge in [-0.3, -0.25) is 4.79 Å². The lowest BCUT2D eigenvalue weighted by Gasteiger charge is -2.15. The highest BCUT2D eigenvalue weighted by Gasteiger charge is 2.32. The van der Waals surface area contributed by atoms with E-state index >= 15 is 0 Å². The van der Waals surface area contributed by atoms with Crippen molar-refractivity contribution >= 4 is 11.6 Å². The molecule has 3 rings (SSSR count). The molecule has 1 amide bonds. The van der Waals surface area contributed by atoms with Crippen LogP contribution in [0.5, 0.6) is 17.2 Å². The number of ether oxygens (including phenoxy) is 3. The van der Waals surface area contributed by atoms with Crippen molar-refractivity contribution in [1.82, 2.24) is 10.9 Å². The molecule has 0 aliphatic carbocycles. The molecule has 3 N–H and O–H groups in total. The minimum atomic E-state index is -0.382. The fourth-order valence-corrected chi connectivity index (χ4v) is 3.18. The second-order valence-electron chi connectivity index (χ2n) is 6.43. The van der Waals surface area contributed by atoms with Crippen LogP contribution in [0.2, 0.25) is 0 Å². The largest absolute Gasteiger partial charge is 0.497 e. The predicted octanol–water partition coefficient (Wildman–Crippen LogP) is 2.57. The molecule has 7 heteroatoms. The molecule has 0 aromatic heterocycles. The SMILES string of the molecule is COc1ccc(C2CC(C(=O)Nc3cc(C)ccc3OC)NN2)c(OC)c1. The van der Waals surface area contributed by atoms with Crippen LogP contribution in [0.3, 0.4) is 0 Å². The summed E-state index contributed by atoms with van der Waals surface area (Å²) in [6.45, 7) is 1.97. The highest BCUT2D eigenvalue weighted by atomic mass is 16.5. The number of amides is 1. The molecule has 1 aliphatic rings. The van der Waals surface area contributed by atoms with E-state index in [1.165, 1.54) is 0 Å². The first-order chi connectivity index (χ1) is 13.0. The van der Waals surface area contributed by atoms with Crippen molar-refractivity contribution in [3.8, 4) is 17.2 Å². The van der Waals surface area contributed by atoms with Crippen molar-refractivity contribution in [2.75, 3.05) is 26.6 Å². The number of hydrazine groups is 1. The van der Waals surface area contributed by atoms with Crippen molar-refractivity contribution < 1.29 is 19.0 Å². The Morgan fingerprint density at radius 3 is 2.48 bits per heavy atom. The molecular weight excluding hydrogens is 346 g/mol. The first-order valence-electron chi connectivity index (χ1n) is 8.74. The Balaban J connectivity index is 1.71. The zero-order chi connectivity index (χ0) is 19.4. The van der Waals surface area contributed by atoms with E-state index in [9.17, 15) is 4.79 Å². The van der Waals surface area contributed by atoms with Crippen molar-refractivity contribution in [2.24, 2.45) is 0 Å². The second-order valence-corrected chi connectivity index (χ2v) is 6.43. The number of carbonyl (C=O) groups is 1. The van der Waals surface area contributed by atoms with Gasteiger partial charge in [0.2, 0.25) is 5.91 Å². The summed E-state index contributed by atoms with van der Waals surface area (Å²) in [5.74, 6) is 1.95. The lowest BCUT2D eigenvalue weighted by molar-refractivity contribution is -0.117. The maximum absolute atomic E-state index is 12.7. The lowest BCUT2D eigenvalue weighted by Crippen LogP contribution is -2.39. The standard InChI is InChI=1S/C20H25N3O4/c1-12-5-8-18(26-3)16(9-12)21-20(24)17-11-15(22-23-17)14-7-6-13(25-2)10-19(14)27-4/h5-10,15,17,22-23H,11H2,1-4H3,(H,21,24). The first kappa shape index (κ1) is 19.0. The molecule has 1 heterocycles. The summed E-state index contributed by atoms with van der Waals surface area (Å²) in [6.07, 6.45) is 0.586. The molecule has 0 spiro atoms. The lowest BCUT2D eigenvalue weighted by atomic mass is 10.0. The molecular formula is C20H25N3O4. The van der Waals surface area contributed by atoms with Crippen molar-refractivity contribution in [1.29, 1.82) is 0 Å². The van der Waals surface area contributed by atoms with Gasteiger partial charge in [-0.1, -0.05) is 12.1 Å². The van der Waals surface area contributed by atoms with E-state index in [0.717, 1.165) is 22.6 Å². The summed E-state index contributed by atoms with van der Waals surface area (Å²) in [6, 6.07) is 10.9. The zero-order valence-electron chi connectivity index (χ0n) is 16.0. The van der Waals surface area contributed by atoms with Gasteiger partial charge in [-0.05, 0) is 37.1 Å². The van der Waals surface area contributed by atoms with E-state index < -0.39 is 0 Å². The van der Waals surface area contributed by atoms with Crippen LogP contribution in [0.15, 0.2) is 36.4 Å². The molecule has 1 fully saturated rings. The van der Waals surface area contributed by atoms with Gasteiger partial charge in [0, 0.05) is 11.6 Å². The third-order valence-corrected chi connectivity index (χ3v) is 4.65. The van der Waals surface area contributed by atoms with Crippen LogP contribution in [-0.4, -0.2) is 33.3 Å². The molecule has 2 unspecified atom stereocenters. The molecule has 1 saturated heterocycles. The smallest absolute Gasteiger partial charge is 0.243 e. The maximum Gasteiger partial charge on any atom is 0.243 e. The van der Waals surface area contributed by atoms with E-state index in [0.29, 0.717) is 17.9 Å². The summed E-state index contributed by atoms with van der Waals surface area (Å²) in [5, 5.41) is 2.95. The van der Waals surface area contributed by atoms with Gasteiger partial charge in [0.15, 0.2) is 0 Å². The molecule has 2 atom stereocenters. The molecule has 2 aromatic carbocycles. The van der Waals surface area contributed by atoms with Crippen LogP contribution < -0.4 is 30.4 Å². The third kappa shape index (κ3) is 4.15. The van der Waals surface area contributed by atoms with E-state index in [1.54, 1.807) is 21.3 Å². The fourth-order valence-electron chi connectivity index (χ4n) is 3.18. The number of carbonyl (C=O) groups excluding carboxylic acids is 1. The van der Waals surface area contributed by atoms with E-state index in [4.69, 9.17) is 14.2 Å². The monoisotopic (exact) mass is 371 g/mol. The average Bonchev–Trinajstić information content (AvgIpc) is 3.17. The molecule has 0 saturated carbocycles. The predicted molar refractivity (Wildman–Crippen MR) is 103 cm³/mol. The Morgan fingerprint density at radius 2 is 1.78 bits per heavy atom. The number of nitrogens with one attached hydrogen (secondary N) is 3. The Morgan fingerprint density at radius 1 is 1.00 bits per heavy atom. The number of hydrogen-bond donors (Lipinski definition) is 3. The van der Waals surface area contributed by atoms with Gasteiger partial charge in [0.05, 0.1) is 33.1 Å². The zero-order valence-corrected chi connectivity index (χ0v) is 16.0. The number of benzene rings is 2. The number of hydrogen-bond acceptors (Lipinski definition) is 6. The van der Waals surface area contributed by atoms with Crippen LogP contribution in [-0.2, 0) is 4.79 Å². The van der Waals surface area contributed by atoms with Crippen LogP contribution in [0.25, 0.3) is 0 Å². The van der Waals surface area contributed by atoms with Crippen molar-refractivity contribution in [2.45, 2.75) is 25.4 Å². The van der Waals surface area contributed by atoms with Gasteiger partial charge in [0.25, 0.3) is 0 Å². The highest BCUT2D eigenvalue weighted by molar-refractivity contribution is 5.96. The Bertz CT molecular complexity index is 825. The molecule has 27 heavy (non-hydrogen) atoms. The minimum Gasteiger partial charge on any atom is -0.497 e. The first-order valence-corrected chi connectivity index (χ1v) is 8.74. The molecule has 7 nitrogen and oxygen atoms in total. The van der Waals surface area contributed by atoms with Gasteiger partial charge in [-0.25, -0.2) is 10.9 Å². The molecule has 0 radical (unpaired) electrons. The minimum absolute atomic E-state index is 0.0546. The Labute approximate surface area is 159 Å². The van der Waals surface area contributed by atoms with E-state index in [2.05, 4.69) is 16.2 Å². The van der Waals surface area contributed by atoms with Crippen LogP contribution >= 0.6 is 0 Å². The molecule has 144 valence electrons. The van der Waals surface area contributed by atoms with Crippen molar-refractivity contribution in [3.05, 3.63) is 47.5 Å². The summed E-state index contributed by atoms with van der Waals surface area (Å²) in [5.41, 5.74) is 8.92. The summed E-state index contributed by atoms with van der Waals surface area (Å²) >= 11 is 0. The quantitative estimate of drug-likeness (QED) is 0.724.